The SMILES string of the molecule is CCCCCC1(C)c2ccccc2N(B2c3ccccc3C3(c4ccccc4B(n4c5ccccc5c5ccccc54)C4C=CC=CC43)C3C=CC=CC23)c2ccccc21. The molecule has 0 saturated carbocycles. The number of unbranched alkanes of at least 4 members (excludes halogenated alkanes) is 2. The first kappa shape index (κ1) is 35.9. The van der Waals surface area contributed by atoms with Gasteiger partial charge in [-0.25, -0.2) is 0 Å². The van der Waals surface area contributed by atoms with Crippen LogP contribution in [0.15, 0.2) is 194 Å². The molecule has 12 rings (SSSR count). The Bertz CT molecular complexity index is 2850. The van der Waals surface area contributed by atoms with Crippen molar-refractivity contribution in [2.75, 3.05) is 4.81 Å². The van der Waals surface area contributed by atoms with E-state index in [1.54, 1.807) is 0 Å². The minimum Gasteiger partial charge on any atom is -0.380 e. The number of anilines is 2. The molecule has 0 N–H and O–H groups in total. The highest BCUT2D eigenvalue weighted by molar-refractivity contribution is 6.81. The molecule has 5 atom stereocenters. The van der Waals surface area contributed by atoms with E-state index in [2.05, 4.69) is 217 Å². The Morgan fingerprint density at radius 3 is 1.50 bits per heavy atom. The third kappa shape index (κ3) is 4.79. The Balaban J connectivity index is 1.12. The number of fused-ring (bicyclic) bond motifs is 13. The lowest BCUT2D eigenvalue weighted by Crippen LogP contribution is -2.68. The number of aromatic nitrogens is 1. The van der Waals surface area contributed by atoms with Gasteiger partial charge in [0.25, 0.3) is 0 Å². The van der Waals surface area contributed by atoms with Crippen molar-refractivity contribution < 1.29 is 0 Å². The van der Waals surface area contributed by atoms with Gasteiger partial charge in [-0.05, 0) is 76.4 Å². The van der Waals surface area contributed by atoms with Crippen molar-refractivity contribution in [1.29, 1.82) is 0 Å². The second kappa shape index (κ2) is 13.8. The van der Waals surface area contributed by atoms with Gasteiger partial charge in [0.15, 0.2) is 0 Å². The topological polar surface area (TPSA) is 8.17 Å². The maximum atomic E-state index is 2.78. The first-order chi connectivity index (χ1) is 29.7. The van der Waals surface area contributed by atoms with Gasteiger partial charge >= 0.3 is 13.7 Å². The van der Waals surface area contributed by atoms with Crippen LogP contribution in [0.2, 0.25) is 11.6 Å². The van der Waals surface area contributed by atoms with E-state index in [1.165, 1.54) is 85.6 Å². The number of allylic oxidation sites excluding steroid dienone is 8. The summed E-state index contributed by atoms with van der Waals surface area (Å²) in [7, 11) is 0. The summed E-state index contributed by atoms with van der Waals surface area (Å²) in [5.41, 5.74) is 13.7. The monoisotopic (exact) mass is 772 g/mol. The highest BCUT2D eigenvalue weighted by atomic mass is 15.1. The Hall–Kier alpha value is -5.99. The summed E-state index contributed by atoms with van der Waals surface area (Å²) in [6.45, 7) is 5.06. The molecule has 5 aliphatic rings. The highest BCUT2D eigenvalue weighted by Gasteiger charge is 2.63. The van der Waals surface area contributed by atoms with Crippen LogP contribution in [0.1, 0.15) is 61.8 Å². The van der Waals surface area contributed by atoms with Crippen LogP contribution in [0.5, 0.6) is 0 Å². The number of hydrogen-bond acceptors (Lipinski definition) is 1. The molecule has 2 nitrogen and oxygen atoms in total. The molecule has 1 aromatic heterocycles. The molecular weight excluding hydrogens is 722 g/mol. The lowest BCUT2D eigenvalue weighted by atomic mass is 9.26. The molecule has 4 heterocycles. The Kier molecular flexibility index (Phi) is 8.25. The largest absolute Gasteiger partial charge is 0.380 e. The molecule has 0 radical (unpaired) electrons. The third-order valence-electron chi connectivity index (χ3n) is 15.6. The normalized spacial score (nSPS) is 23.9. The molecule has 6 aromatic carbocycles. The zero-order valence-electron chi connectivity index (χ0n) is 34.7. The second-order valence-electron chi connectivity index (χ2n) is 18.3. The summed E-state index contributed by atoms with van der Waals surface area (Å²) in [5, 5.41) is 2.65. The van der Waals surface area contributed by atoms with Gasteiger partial charge in [0.2, 0.25) is 0 Å². The lowest BCUT2D eigenvalue weighted by molar-refractivity contribution is 0.279. The summed E-state index contributed by atoms with van der Waals surface area (Å²) in [6, 6.07) is 56.1. The summed E-state index contributed by atoms with van der Waals surface area (Å²) < 4.78 is 2.70. The van der Waals surface area contributed by atoms with E-state index < -0.39 is 0 Å². The average Bonchev–Trinajstić information content (AvgIpc) is 3.64. The summed E-state index contributed by atoms with van der Waals surface area (Å²) in [4.78, 5) is 2.78. The number of para-hydroxylation sites is 4. The molecule has 0 fully saturated rings. The predicted octanol–water partition coefficient (Wildman–Crippen LogP) is 12.3. The fourth-order valence-corrected chi connectivity index (χ4v) is 13.3. The van der Waals surface area contributed by atoms with Crippen molar-refractivity contribution in [2.24, 2.45) is 11.8 Å². The molecule has 2 aliphatic carbocycles. The number of nitrogens with zero attached hydrogens (tertiary/aromatic N) is 2. The predicted molar refractivity (Wildman–Crippen MR) is 256 cm³/mol. The average molecular weight is 773 g/mol. The standard InChI is InChI=1S/C56H50B2N2/c1-3-4-21-38-55(2)45-28-11-19-36-53(45)60(54-37-20-12-29-46(54)55)58-49-32-15-9-26-43(49)56(44-27-10-16-33-50(44)58)41-24-7-13-30-47(41)57(48-31-14-8-25-42(48)56)59-51-34-17-5-22-39(51)40-23-6-18-35-52(40)59/h5-20,22-37,41,43,47,49H,3-4,21,38H2,1-2H3. The zero-order chi connectivity index (χ0) is 40.0. The van der Waals surface area contributed by atoms with E-state index in [0.717, 1.165) is 6.42 Å². The van der Waals surface area contributed by atoms with E-state index >= 15 is 0 Å². The second-order valence-corrected chi connectivity index (χ2v) is 18.3. The first-order valence-electron chi connectivity index (χ1n) is 22.5. The molecule has 0 bridgehead atoms. The summed E-state index contributed by atoms with van der Waals surface area (Å²) in [6.07, 6.45) is 24.6. The van der Waals surface area contributed by atoms with Gasteiger partial charge in [0.05, 0.1) is 0 Å². The van der Waals surface area contributed by atoms with Gasteiger partial charge in [-0.3, -0.25) is 0 Å². The third-order valence-corrected chi connectivity index (χ3v) is 15.6. The van der Waals surface area contributed by atoms with E-state index in [1.807, 2.05) is 0 Å². The van der Waals surface area contributed by atoms with E-state index in [9.17, 15) is 0 Å². The Morgan fingerprint density at radius 2 is 0.933 bits per heavy atom. The minimum absolute atomic E-state index is 0.0629. The molecule has 4 heteroatoms. The van der Waals surface area contributed by atoms with Crippen LogP contribution >= 0.6 is 0 Å². The number of benzene rings is 6. The Morgan fingerprint density at radius 1 is 0.483 bits per heavy atom. The van der Waals surface area contributed by atoms with Crippen molar-refractivity contribution in [2.45, 2.75) is 62.0 Å². The van der Waals surface area contributed by atoms with Gasteiger partial charge in [-0.15, -0.1) is 0 Å². The molecule has 290 valence electrons. The Labute approximate surface area is 355 Å². The van der Waals surface area contributed by atoms with Crippen LogP contribution < -0.4 is 15.7 Å². The van der Waals surface area contributed by atoms with E-state index in [-0.39, 0.29) is 48.0 Å². The number of hydrogen-bond donors (Lipinski definition) is 0. The van der Waals surface area contributed by atoms with Crippen molar-refractivity contribution in [1.82, 2.24) is 4.48 Å². The first-order valence-corrected chi connectivity index (χ1v) is 22.5. The molecule has 3 aliphatic heterocycles. The van der Waals surface area contributed by atoms with Crippen molar-refractivity contribution in [3.05, 3.63) is 216 Å². The van der Waals surface area contributed by atoms with Crippen LogP contribution in [0.4, 0.5) is 11.4 Å². The van der Waals surface area contributed by atoms with Crippen LogP contribution in [0, 0.1) is 11.8 Å². The summed E-state index contributed by atoms with van der Waals surface area (Å²) in [5.74, 6) is 0.876. The minimum atomic E-state index is -0.305. The molecular formula is C56H50B2N2. The van der Waals surface area contributed by atoms with Gasteiger partial charge in [-0.1, -0.05) is 214 Å². The molecule has 7 aromatic rings. The van der Waals surface area contributed by atoms with Gasteiger partial charge in [0.1, 0.15) is 0 Å². The number of rotatable bonds is 6. The fraction of sp³-hybridized carbons (Fsp3) is 0.214. The molecule has 5 unspecified atom stereocenters. The van der Waals surface area contributed by atoms with Gasteiger partial charge < -0.3 is 9.29 Å². The van der Waals surface area contributed by atoms with E-state index in [0.29, 0.717) is 0 Å². The van der Waals surface area contributed by atoms with Crippen LogP contribution in [0.3, 0.4) is 0 Å². The zero-order valence-corrected chi connectivity index (χ0v) is 34.7. The molecule has 0 amide bonds. The fourth-order valence-electron chi connectivity index (χ4n) is 13.3. The molecule has 0 saturated heterocycles. The van der Waals surface area contributed by atoms with E-state index in [4.69, 9.17) is 0 Å². The van der Waals surface area contributed by atoms with Crippen LogP contribution in [-0.4, -0.2) is 18.2 Å². The maximum absolute atomic E-state index is 2.78. The van der Waals surface area contributed by atoms with Crippen molar-refractivity contribution in [3.8, 4) is 0 Å². The maximum Gasteiger partial charge on any atom is 0.301 e. The molecule has 1 spiro atoms. The van der Waals surface area contributed by atoms with Gasteiger partial charge in [-0.2, -0.15) is 0 Å². The lowest BCUT2D eigenvalue weighted by Gasteiger charge is -2.60. The highest BCUT2D eigenvalue weighted by Crippen LogP contribution is 2.62. The van der Waals surface area contributed by atoms with Crippen LogP contribution in [-0.2, 0) is 10.8 Å². The smallest absolute Gasteiger partial charge is 0.301 e. The van der Waals surface area contributed by atoms with Crippen molar-refractivity contribution in [3.63, 3.8) is 0 Å². The molecule has 60 heavy (non-hydrogen) atoms. The summed E-state index contributed by atoms with van der Waals surface area (Å²) >= 11 is 0. The van der Waals surface area contributed by atoms with Crippen LogP contribution in [0.25, 0.3) is 21.8 Å². The quantitative estimate of drug-likeness (QED) is 0.121. The van der Waals surface area contributed by atoms with Crippen molar-refractivity contribution >= 4 is 57.8 Å². The van der Waals surface area contributed by atoms with Gasteiger partial charge in [0, 0.05) is 44.0 Å².